The van der Waals surface area contributed by atoms with Gasteiger partial charge in [-0.15, -0.1) is 17.8 Å². The fourth-order valence-electron chi connectivity index (χ4n) is 1.85. The summed E-state index contributed by atoms with van der Waals surface area (Å²) in [4.78, 5) is 13.3. The average molecular weight is 366 g/mol. The number of hydrogen-bond donors (Lipinski definition) is 1. The lowest BCUT2D eigenvalue weighted by atomic mass is 9.91. The molecule has 0 aromatic carbocycles. The minimum Gasteiger partial charge on any atom is -0.382 e. The lowest BCUT2D eigenvalue weighted by molar-refractivity contribution is 0.568. The van der Waals surface area contributed by atoms with E-state index in [9.17, 15) is 4.79 Å². The maximum Gasteiger partial charge on any atom is 0.284 e. The molecule has 2 heterocycles. The van der Waals surface area contributed by atoms with Crippen LogP contribution in [0, 0.1) is 12.3 Å². The van der Waals surface area contributed by atoms with Crippen LogP contribution in [0.5, 0.6) is 0 Å². The van der Waals surface area contributed by atoms with Gasteiger partial charge in [-0.05, 0) is 27.4 Å². The van der Waals surface area contributed by atoms with Gasteiger partial charge in [-0.25, -0.2) is 4.68 Å². The van der Waals surface area contributed by atoms with E-state index in [4.69, 9.17) is 6.42 Å². The first kappa shape index (κ1) is 15.8. The standard InChI is InChI=1S/C15H16BrN3OS/c1-4-7-19-14(20)13(16)11(9-18-19)17-10-15(2,3)12-6-5-8-21-12/h1,5-6,8-9,17H,7,10H2,2-3H3. The second-order valence-corrected chi connectivity index (χ2v) is 6.99. The third-order valence-corrected chi connectivity index (χ3v) is 5.14. The molecule has 0 fully saturated rings. The minimum absolute atomic E-state index is 0.0265. The molecule has 4 nitrogen and oxygen atoms in total. The van der Waals surface area contributed by atoms with Gasteiger partial charge >= 0.3 is 0 Å². The molecule has 0 aliphatic carbocycles. The van der Waals surface area contributed by atoms with Crippen LogP contribution in [0.1, 0.15) is 18.7 Å². The van der Waals surface area contributed by atoms with Crippen molar-refractivity contribution in [3.05, 3.63) is 43.4 Å². The topological polar surface area (TPSA) is 46.9 Å². The number of nitrogens with one attached hydrogen (secondary N) is 1. The fourth-order valence-corrected chi connectivity index (χ4v) is 3.15. The molecule has 0 spiro atoms. The third kappa shape index (κ3) is 3.55. The first-order valence-corrected chi connectivity index (χ1v) is 8.10. The van der Waals surface area contributed by atoms with Gasteiger partial charge in [0.05, 0.1) is 11.9 Å². The zero-order valence-corrected chi connectivity index (χ0v) is 14.3. The van der Waals surface area contributed by atoms with Crippen LogP contribution in [-0.4, -0.2) is 16.3 Å². The van der Waals surface area contributed by atoms with E-state index in [1.165, 1.54) is 9.56 Å². The Bertz CT molecular complexity index is 714. The summed E-state index contributed by atoms with van der Waals surface area (Å²) in [6.45, 7) is 5.18. The van der Waals surface area contributed by atoms with Gasteiger partial charge in [0.15, 0.2) is 0 Å². The number of halogens is 1. The summed E-state index contributed by atoms with van der Waals surface area (Å²) in [7, 11) is 0. The van der Waals surface area contributed by atoms with Crippen LogP contribution >= 0.6 is 27.3 Å². The molecule has 0 saturated carbocycles. The Hall–Kier alpha value is -1.58. The molecule has 1 N–H and O–H groups in total. The van der Waals surface area contributed by atoms with Crippen molar-refractivity contribution in [2.75, 3.05) is 11.9 Å². The number of thiophene rings is 1. The van der Waals surface area contributed by atoms with Gasteiger partial charge in [-0.1, -0.05) is 25.8 Å². The van der Waals surface area contributed by atoms with Crippen molar-refractivity contribution in [2.24, 2.45) is 0 Å². The summed E-state index contributed by atoms with van der Waals surface area (Å²) < 4.78 is 1.70. The van der Waals surface area contributed by atoms with Gasteiger partial charge in [0.2, 0.25) is 0 Å². The van der Waals surface area contributed by atoms with Crippen LogP contribution in [-0.2, 0) is 12.0 Å². The molecule has 0 aliphatic heterocycles. The molecule has 0 bridgehead atoms. The van der Waals surface area contributed by atoms with Gasteiger partial charge in [-0.2, -0.15) is 5.10 Å². The monoisotopic (exact) mass is 365 g/mol. The average Bonchev–Trinajstić information content (AvgIpc) is 2.98. The molecule has 0 saturated heterocycles. The Morgan fingerprint density at radius 3 is 2.95 bits per heavy atom. The SMILES string of the molecule is C#CCn1ncc(NCC(C)(C)c2cccs2)c(Br)c1=O. The Morgan fingerprint density at radius 1 is 1.57 bits per heavy atom. The molecular weight excluding hydrogens is 350 g/mol. The molecule has 0 radical (unpaired) electrons. The number of nitrogens with zero attached hydrogens (tertiary/aromatic N) is 2. The van der Waals surface area contributed by atoms with E-state index in [2.05, 4.69) is 57.6 Å². The number of rotatable bonds is 5. The van der Waals surface area contributed by atoms with Crippen molar-refractivity contribution in [3.8, 4) is 12.3 Å². The quantitative estimate of drug-likeness (QED) is 0.828. The zero-order valence-electron chi connectivity index (χ0n) is 11.9. The molecule has 0 unspecified atom stereocenters. The summed E-state index contributed by atoms with van der Waals surface area (Å²) >= 11 is 5.04. The second kappa shape index (κ2) is 6.46. The van der Waals surface area contributed by atoms with Crippen LogP contribution in [0.3, 0.4) is 0 Å². The second-order valence-electron chi connectivity index (χ2n) is 5.25. The van der Waals surface area contributed by atoms with Gasteiger partial charge in [0.25, 0.3) is 5.56 Å². The molecule has 6 heteroatoms. The van der Waals surface area contributed by atoms with Crippen LogP contribution < -0.4 is 10.9 Å². The normalized spacial score (nSPS) is 11.1. The lowest BCUT2D eigenvalue weighted by Gasteiger charge is -2.24. The Labute approximate surface area is 136 Å². The number of hydrogen-bond acceptors (Lipinski definition) is 4. The zero-order chi connectivity index (χ0) is 15.5. The molecule has 110 valence electrons. The molecule has 0 amide bonds. The van der Waals surface area contributed by atoms with E-state index in [1.807, 2.05) is 6.07 Å². The molecule has 21 heavy (non-hydrogen) atoms. The van der Waals surface area contributed by atoms with Crippen molar-refractivity contribution in [3.63, 3.8) is 0 Å². The molecular formula is C15H16BrN3OS. The Kier molecular flexibility index (Phi) is 4.86. The molecule has 2 aromatic rings. The molecule has 2 rings (SSSR count). The Balaban J connectivity index is 2.16. The highest BCUT2D eigenvalue weighted by Crippen LogP contribution is 2.28. The van der Waals surface area contributed by atoms with Crippen LogP contribution in [0.15, 0.2) is 33.0 Å². The van der Waals surface area contributed by atoms with E-state index >= 15 is 0 Å². The first-order valence-electron chi connectivity index (χ1n) is 6.42. The number of anilines is 1. The Morgan fingerprint density at radius 2 is 2.33 bits per heavy atom. The van der Waals surface area contributed by atoms with Crippen LogP contribution in [0.2, 0.25) is 0 Å². The molecule has 0 aliphatic rings. The summed E-state index contributed by atoms with van der Waals surface area (Å²) in [6, 6.07) is 4.16. The summed E-state index contributed by atoms with van der Waals surface area (Å²) in [5.41, 5.74) is 0.422. The van der Waals surface area contributed by atoms with Crippen molar-refractivity contribution >= 4 is 33.0 Å². The third-order valence-electron chi connectivity index (χ3n) is 3.13. The number of aromatic nitrogens is 2. The van der Waals surface area contributed by atoms with Gasteiger partial charge in [-0.3, -0.25) is 4.79 Å². The molecule has 0 atom stereocenters. The largest absolute Gasteiger partial charge is 0.382 e. The minimum atomic E-state index is -0.230. The predicted octanol–water partition coefficient (Wildman–Crippen LogP) is 3.09. The van der Waals surface area contributed by atoms with E-state index in [-0.39, 0.29) is 17.5 Å². The van der Waals surface area contributed by atoms with E-state index < -0.39 is 0 Å². The van der Waals surface area contributed by atoms with Crippen molar-refractivity contribution in [2.45, 2.75) is 25.8 Å². The van der Waals surface area contributed by atoms with Crippen molar-refractivity contribution < 1.29 is 0 Å². The highest BCUT2D eigenvalue weighted by atomic mass is 79.9. The highest BCUT2D eigenvalue weighted by Gasteiger charge is 2.22. The predicted molar refractivity (Wildman–Crippen MR) is 90.9 cm³/mol. The van der Waals surface area contributed by atoms with Crippen LogP contribution in [0.4, 0.5) is 5.69 Å². The maximum absolute atomic E-state index is 12.1. The van der Waals surface area contributed by atoms with E-state index in [0.717, 1.165) is 0 Å². The maximum atomic E-state index is 12.1. The summed E-state index contributed by atoms with van der Waals surface area (Å²) in [6.07, 6.45) is 6.83. The summed E-state index contributed by atoms with van der Waals surface area (Å²) in [5, 5.41) is 9.41. The highest BCUT2D eigenvalue weighted by molar-refractivity contribution is 9.10. The number of terminal acetylenes is 1. The van der Waals surface area contributed by atoms with E-state index in [0.29, 0.717) is 16.7 Å². The van der Waals surface area contributed by atoms with Crippen molar-refractivity contribution in [1.82, 2.24) is 9.78 Å². The first-order chi connectivity index (χ1) is 9.95. The smallest absolute Gasteiger partial charge is 0.284 e. The van der Waals surface area contributed by atoms with Crippen molar-refractivity contribution in [1.29, 1.82) is 0 Å². The van der Waals surface area contributed by atoms with Gasteiger partial charge < -0.3 is 5.32 Å². The van der Waals surface area contributed by atoms with Crippen LogP contribution in [0.25, 0.3) is 0 Å². The molecule has 2 aromatic heterocycles. The van der Waals surface area contributed by atoms with E-state index in [1.54, 1.807) is 17.5 Å². The summed E-state index contributed by atoms with van der Waals surface area (Å²) in [5.74, 6) is 2.41. The fraction of sp³-hybridized carbons (Fsp3) is 0.333. The van der Waals surface area contributed by atoms with Gasteiger partial charge in [0.1, 0.15) is 11.0 Å². The van der Waals surface area contributed by atoms with Gasteiger partial charge in [0, 0.05) is 16.8 Å². The lowest BCUT2D eigenvalue weighted by Crippen LogP contribution is -2.29.